The van der Waals surface area contributed by atoms with Gasteiger partial charge in [0.2, 0.25) is 0 Å². The molecule has 0 aliphatic heterocycles. The number of benzene rings is 1. The Morgan fingerprint density at radius 2 is 1.95 bits per heavy atom. The molecule has 0 amide bonds. The third-order valence-corrected chi connectivity index (χ3v) is 3.86. The molecule has 0 unspecified atom stereocenters. The third kappa shape index (κ3) is 2.54. The summed E-state index contributed by atoms with van der Waals surface area (Å²) in [5, 5.41) is 0. The molecule has 2 rings (SSSR count). The van der Waals surface area contributed by atoms with Gasteiger partial charge in [0.1, 0.15) is 23.1 Å². The van der Waals surface area contributed by atoms with Gasteiger partial charge in [-0.05, 0) is 34.1 Å². The minimum absolute atomic E-state index is 0.0508. The fraction of sp³-hybridized carbons (Fsp3) is 0.400. The number of hydrogen-bond acceptors (Lipinski definition) is 3. The second-order valence-corrected chi connectivity index (χ2v) is 6.68. The summed E-state index contributed by atoms with van der Waals surface area (Å²) >= 11 is 3.49. The lowest BCUT2D eigenvalue weighted by Crippen LogP contribution is -2.17. The standard InChI is InChI=1S/C15H20BrN3O/c1-15(2,3)14-18-12(13(17)19(14)4)9-6-7-11(20-5)10(16)8-9/h6-8H,17H2,1-5H3. The first kappa shape index (κ1) is 14.9. The molecule has 2 aromatic rings. The Bertz CT molecular complexity index is 641. The first-order valence-corrected chi connectivity index (χ1v) is 7.21. The minimum atomic E-state index is -0.0508. The number of hydrogen-bond donors (Lipinski definition) is 1. The summed E-state index contributed by atoms with van der Waals surface area (Å²) in [7, 11) is 3.59. The van der Waals surface area contributed by atoms with Crippen molar-refractivity contribution in [1.82, 2.24) is 9.55 Å². The van der Waals surface area contributed by atoms with E-state index in [1.54, 1.807) is 7.11 Å². The van der Waals surface area contributed by atoms with Crippen LogP contribution in [0.2, 0.25) is 0 Å². The highest BCUT2D eigenvalue weighted by Crippen LogP contribution is 2.34. The van der Waals surface area contributed by atoms with Gasteiger partial charge in [0, 0.05) is 18.0 Å². The van der Waals surface area contributed by atoms with Crippen LogP contribution in [-0.2, 0) is 12.5 Å². The molecule has 20 heavy (non-hydrogen) atoms. The Morgan fingerprint density at radius 3 is 2.40 bits per heavy atom. The summed E-state index contributed by atoms with van der Waals surface area (Å²) in [6, 6.07) is 5.85. The van der Waals surface area contributed by atoms with Gasteiger partial charge in [-0.1, -0.05) is 20.8 Å². The molecule has 0 aliphatic carbocycles. The normalized spacial score (nSPS) is 11.7. The number of ether oxygens (including phenoxy) is 1. The van der Waals surface area contributed by atoms with E-state index in [0.717, 1.165) is 27.3 Å². The number of methoxy groups -OCH3 is 1. The van der Waals surface area contributed by atoms with Crippen LogP contribution in [0.1, 0.15) is 26.6 Å². The van der Waals surface area contributed by atoms with Crippen molar-refractivity contribution in [2.75, 3.05) is 12.8 Å². The molecule has 1 aromatic carbocycles. The van der Waals surface area contributed by atoms with E-state index in [1.807, 2.05) is 29.8 Å². The number of anilines is 1. The van der Waals surface area contributed by atoms with Crippen LogP contribution in [0.15, 0.2) is 22.7 Å². The third-order valence-electron chi connectivity index (χ3n) is 3.24. The Kier molecular flexibility index (Phi) is 3.82. The summed E-state index contributed by atoms with van der Waals surface area (Å²) in [6.45, 7) is 6.38. The largest absolute Gasteiger partial charge is 0.496 e. The van der Waals surface area contributed by atoms with Crippen molar-refractivity contribution in [3.05, 3.63) is 28.5 Å². The Hall–Kier alpha value is -1.49. The molecule has 1 aromatic heterocycles. The highest BCUT2D eigenvalue weighted by atomic mass is 79.9. The first-order chi connectivity index (χ1) is 9.25. The summed E-state index contributed by atoms with van der Waals surface area (Å²) < 4.78 is 8.09. The molecule has 2 N–H and O–H groups in total. The molecule has 0 aliphatic rings. The zero-order chi connectivity index (χ0) is 15.1. The monoisotopic (exact) mass is 337 g/mol. The van der Waals surface area contributed by atoms with E-state index in [1.165, 1.54) is 0 Å². The quantitative estimate of drug-likeness (QED) is 0.908. The van der Waals surface area contributed by atoms with E-state index in [9.17, 15) is 0 Å². The fourth-order valence-electron chi connectivity index (χ4n) is 2.21. The maximum absolute atomic E-state index is 6.21. The molecular formula is C15H20BrN3O. The van der Waals surface area contributed by atoms with E-state index >= 15 is 0 Å². The predicted octanol–water partition coefficient (Wildman–Crippen LogP) is 3.74. The number of nitrogens with two attached hydrogens (primary N) is 1. The van der Waals surface area contributed by atoms with Gasteiger partial charge >= 0.3 is 0 Å². The lowest BCUT2D eigenvalue weighted by Gasteiger charge is -2.17. The Morgan fingerprint density at radius 1 is 1.30 bits per heavy atom. The Balaban J connectivity index is 2.57. The molecule has 0 fully saturated rings. The molecular weight excluding hydrogens is 318 g/mol. The maximum atomic E-state index is 6.21. The van der Waals surface area contributed by atoms with Crippen molar-refractivity contribution in [3.63, 3.8) is 0 Å². The zero-order valence-corrected chi connectivity index (χ0v) is 14.1. The predicted molar refractivity (Wildman–Crippen MR) is 86.0 cm³/mol. The van der Waals surface area contributed by atoms with E-state index < -0.39 is 0 Å². The fourth-order valence-corrected chi connectivity index (χ4v) is 2.75. The van der Waals surface area contributed by atoms with E-state index in [2.05, 4.69) is 36.7 Å². The molecule has 0 bridgehead atoms. The maximum Gasteiger partial charge on any atom is 0.133 e. The number of halogens is 1. The molecule has 108 valence electrons. The van der Waals surface area contributed by atoms with Gasteiger partial charge in [0.15, 0.2) is 0 Å². The van der Waals surface area contributed by atoms with E-state index in [0.29, 0.717) is 5.82 Å². The summed E-state index contributed by atoms with van der Waals surface area (Å²) in [5.41, 5.74) is 7.94. The van der Waals surface area contributed by atoms with Crippen LogP contribution < -0.4 is 10.5 Å². The summed E-state index contributed by atoms with van der Waals surface area (Å²) in [4.78, 5) is 4.72. The van der Waals surface area contributed by atoms with Gasteiger partial charge in [0.05, 0.1) is 11.6 Å². The van der Waals surface area contributed by atoms with Crippen molar-refractivity contribution in [1.29, 1.82) is 0 Å². The van der Waals surface area contributed by atoms with Crippen molar-refractivity contribution in [2.24, 2.45) is 7.05 Å². The van der Waals surface area contributed by atoms with Crippen LogP contribution in [0, 0.1) is 0 Å². The molecule has 0 atom stereocenters. The van der Waals surface area contributed by atoms with Crippen molar-refractivity contribution in [3.8, 4) is 17.0 Å². The molecule has 0 radical (unpaired) electrons. The van der Waals surface area contributed by atoms with Gasteiger partial charge < -0.3 is 15.0 Å². The van der Waals surface area contributed by atoms with Gasteiger partial charge in [0.25, 0.3) is 0 Å². The summed E-state index contributed by atoms with van der Waals surface area (Å²) in [5.74, 6) is 2.43. The topological polar surface area (TPSA) is 53.1 Å². The minimum Gasteiger partial charge on any atom is -0.496 e. The number of nitrogens with zero attached hydrogens (tertiary/aromatic N) is 2. The van der Waals surface area contributed by atoms with Crippen molar-refractivity contribution < 1.29 is 4.74 Å². The number of aromatic nitrogens is 2. The van der Waals surface area contributed by atoms with Crippen molar-refractivity contribution >= 4 is 21.7 Å². The van der Waals surface area contributed by atoms with Gasteiger partial charge in [-0.3, -0.25) is 0 Å². The van der Waals surface area contributed by atoms with Crippen LogP contribution in [0.4, 0.5) is 5.82 Å². The van der Waals surface area contributed by atoms with Gasteiger partial charge in [-0.25, -0.2) is 4.98 Å². The number of rotatable bonds is 2. The van der Waals surface area contributed by atoms with Crippen LogP contribution in [-0.4, -0.2) is 16.7 Å². The lowest BCUT2D eigenvalue weighted by atomic mass is 9.96. The molecule has 0 spiro atoms. The average Bonchev–Trinajstić information content (AvgIpc) is 2.66. The number of imidazole rings is 1. The molecule has 1 heterocycles. The second kappa shape index (κ2) is 5.13. The average molecular weight is 338 g/mol. The molecule has 0 saturated carbocycles. The number of nitrogen functional groups attached to an aromatic ring is 1. The van der Waals surface area contributed by atoms with Gasteiger partial charge in [-0.15, -0.1) is 0 Å². The van der Waals surface area contributed by atoms with E-state index in [4.69, 9.17) is 15.5 Å². The second-order valence-electron chi connectivity index (χ2n) is 5.83. The van der Waals surface area contributed by atoms with Crippen LogP contribution >= 0.6 is 15.9 Å². The smallest absolute Gasteiger partial charge is 0.133 e. The Labute approximate surface area is 128 Å². The lowest BCUT2D eigenvalue weighted by molar-refractivity contribution is 0.412. The molecule has 0 saturated heterocycles. The molecule has 5 heteroatoms. The van der Waals surface area contributed by atoms with Crippen LogP contribution in [0.25, 0.3) is 11.3 Å². The highest BCUT2D eigenvalue weighted by molar-refractivity contribution is 9.10. The SMILES string of the molecule is COc1ccc(-c2nc(C(C)(C)C)n(C)c2N)cc1Br. The van der Waals surface area contributed by atoms with Crippen molar-refractivity contribution in [2.45, 2.75) is 26.2 Å². The van der Waals surface area contributed by atoms with Crippen LogP contribution in [0.5, 0.6) is 5.75 Å². The summed E-state index contributed by atoms with van der Waals surface area (Å²) in [6.07, 6.45) is 0. The molecule has 4 nitrogen and oxygen atoms in total. The van der Waals surface area contributed by atoms with E-state index in [-0.39, 0.29) is 5.41 Å². The van der Waals surface area contributed by atoms with Crippen LogP contribution in [0.3, 0.4) is 0 Å². The zero-order valence-electron chi connectivity index (χ0n) is 12.5. The van der Waals surface area contributed by atoms with Gasteiger partial charge in [-0.2, -0.15) is 0 Å². The highest BCUT2D eigenvalue weighted by Gasteiger charge is 2.23. The first-order valence-electron chi connectivity index (χ1n) is 6.42.